The number of carbonyl (C=O) groups is 1. The van der Waals surface area contributed by atoms with Crippen LogP contribution in [-0.4, -0.2) is 14.5 Å². The van der Waals surface area contributed by atoms with Gasteiger partial charge < -0.3 is 4.74 Å². The van der Waals surface area contributed by atoms with Crippen molar-refractivity contribution in [3.8, 4) is 5.75 Å². The Balaban J connectivity index is 1.56. The van der Waals surface area contributed by atoms with Crippen molar-refractivity contribution in [2.24, 2.45) is 0 Å². The minimum absolute atomic E-state index is 0.00251. The molecule has 0 saturated heterocycles. The molecule has 3 rings (SSSR count). The summed E-state index contributed by atoms with van der Waals surface area (Å²) in [6.07, 6.45) is -1.05. The largest absolute Gasteiger partial charge is 0.426 e. The lowest BCUT2D eigenvalue weighted by atomic mass is 10.2. The molecule has 0 saturated carbocycles. The molecule has 0 fully saturated rings. The summed E-state index contributed by atoms with van der Waals surface area (Å²) in [5.41, 5.74) is 2.14. The molecular formula is C21H19NO4S2. The van der Waals surface area contributed by atoms with Gasteiger partial charge in [0.2, 0.25) is 0 Å². The number of nitrogens with one attached hydrogen (secondary N) is 1. The lowest BCUT2D eigenvalue weighted by molar-refractivity contribution is 0.207. The van der Waals surface area contributed by atoms with Gasteiger partial charge in [0.05, 0.1) is 4.90 Å². The molecule has 0 aliphatic heterocycles. The SMILES string of the molecule is Cc1ccc(S(=O)(=O)NC(=O)Oc2ccc(SCc3ccccc3)cc2)cc1. The van der Waals surface area contributed by atoms with Gasteiger partial charge in [-0.2, -0.15) is 0 Å². The van der Waals surface area contributed by atoms with E-state index in [-0.39, 0.29) is 10.6 Å². The van der Waals surface area contributed by atoms with Crippen LogP contribution in [-0.2, 0) is 15.8 Å². The summed E-state index contributed by atoms with van der Waals surface area (Å²) >= 11 is 1.66. The number of sulfonamides is 1. The van der Waals surface area contributed by atoms with E-state index in [0.717, 1.165) is 16.2 Å². The number of hydrogen-bond donors (Lipinski definition) is 1. The topological polar surface area (TPSA) is 72.5 Å². The molecule has 28 heavy (non-hydrogen) atoms. The highest BCUT2D eigenvalue weighted by Gasteiger charge is 2.18. The van der Waals surface area contributed by atoms with Gasteiger partial charge in [0.1, 0.15) is 5.75 Å². The maximum Gasteiger partial charge on any atom is 0.426 e. The molecule has 0 bridgehead atoms. The molecule has 3 aromatic rings. The van der Waals surface area contributed by atoms with E-state index in [1.165, 1.54) is 17.7 Å². The Labute approximate surface area is 168 Å². The van der Waals surface area contributed by atoms with E-state index in [9.17, 15) is 13.2 Å². The molecule has 0 atom stereocenters. The van der Waals surface area contributed by atoms with E-state index in [2.05, 4.69) is 12.1 Å². The fourth-order valence-corrected chi connectivity index (χ4v) is 4.09. The minimum Gasteiger partial charge on any atom is -0.410 e. The maximum atomic E-state index is 12.2. The smallest absolute Gasteiger partial charge is 0.410 e. The highest BCUT2D eigenvalue weighted by atomic mass is 32.2. The third kappa shape index (κ3) is 5.61. The number of hydrogen-bond acceptors (Lipinski definition) is 5. The zero-order valence-corrected chi connectivity index (χ0v) is 16.8. The summed E-state index contributed by atoms with van der Waals surface area (Å²) in [5.74, 6) is 1.09. The van der Waals surface area contributed by atoms with E-state index in [1.807, 2.05) is 42.0 Å². The highest BCUT2D eigenvalue weighted by molar-refractivity contribution is 7.98. The first-order valence-electron chi connectivity index (χ1n) is 8.50. The van der Waals surface area contributed by atoms with Crippen molar-refractivity contribution in [3.05, 3.63) is 90.0 Å². The monoisotopic (exact) mass is 413 g/mol. The van der Waals surface area contributed by atoms with E-state index in [1.54, 1.807) is 36.0 Å². The summed E-state index contributed by atoms with van der Waals surface area (Å²) in [4.78, 5) is 13.0. The molecule has 0 spiro atoms. The van der Waals surface area contributed by atoms with E-state index >= 15 is 0 Å². The van der Waals surface area contributed by atoms with Crippen molar-refractivity contribution in [1.29, 1.82) is 0 Å². The number of thioether (sulfide) groups is 1. The standard InChI is InChI=1S/C21H19NO4S2/c1-16-7-13-20(14-8-16)28(24,25)22-21(23)26-18-9-11-19(12-10-18)27-15-17-5-3-2-4-6-17/h2-14H,15H2,1H3,(H,22,23). The van der Waals surface area contributed by atoms with Gasteiger partial charge in [-0.05, 0) is 48.9 Å². The van der Waals surface area contributed by atoms with Crippen molar-refractivity contribution >= 4 is 27.9 Å². The van der Waals surface area contributed by atoms with Gasteiger partial charge in [-0.1, -0.05) is 48.0 Å². The average Bonchev–Trinajstić information content (AvgIpc) is 2.68. The molecule has 1 N–H and O–H groups in total. The number of carbonyl (C=O) groups excluding carboxylic acids is 1. The predicted molar refractivity (Wildman–Crippen MR) is 110 cm³/mol. The van der Waals surface area contributed by atoms with E-state index in [4.69, 9.17) is 4.74 Å². The summed E-state index contributed by atoms with van der Waals surface area (Å²) in [6.45, 7) is 1.85. The Morgan fingerprint density at radius 3 is 2.21 bits per heavy atom. The highest BCUT2D eigenvalue weighted by Crippen LogP contribution is 2.25. The Bertz CT molecular complexity index is 1030. The zero-order chi connectivity index (χ0) is 20.0. The van der Waals surface area contributed by atoms with Crippen molar-refractivity contribution in [2.45, 2.75) is 22.5 Å². The molecule has 144 valence electrons. The minimum atomic E-state index is -3.97. The van der Waals surface area contributed by atoms with Crippen LogP contribution in [0.3, 0.4) is 0 Å². The van der Waals surface area contributed by atoms with Gasteiger partial charge in [-0.15, -0.1) is 11.8 Å². The quantitative estimate of drug-likeness (QED) is 0.590. The molecule has 0 aliphatic rings. The predicted octanol–water partition coefficient (Wildman–Crippen LogP) is 4.76. The first kappa shape index (κ1) is 20.0. The summed E-state index contributed by atoms with van der Waals surface area (Å²) in [5, 5.41) is 0. The normalized spacial score (nSPS) is 11.0. The second kappa shape index (κ2) is 8.95. The number of benzene rings is 3. The molecule has 0 heterocycles. The molecule has 0 aliphatic carbocycles. The number of amides is 1. The molecule has 3 aromatic carbocycles. The molecular weight excluding hydrogens is 394 g/mol. The molecule has 1 amide bonds. The van der Waals surface area contributed by atoms with E-state index < -0.39 is 16.1 Å². The van der Waals surface area contributed by atoms with Crippen LogP contribution < -0.4 is 9.46 Å². The van der Waals surface area contributed by atoms with Crippen LogP contribution in [0.1, 0.15) is 11.1 Å². The van der Waals surface area contributed by atoms with Crippen LogP contribution in [0.5, 0.6) is 5.75 Å². The molecule has 0 unspecified atom stereocenters. The summed E-state index contributed by atoms with van der Waals surface area (Å²) in [7, 11) is -3.97. The Morgan fingerprint density at radius 2 is 1.57 bits per heavy atom. The second-order valence-electron chi connectivity index (χ2n) is 6.05. The Kier molecular flexibility index (Phi) is 6.38. The first-order valence-corrected chi connectivity index (χ1v) is 11.0. The van der Waals surface area contributed by atoms with Crippen molar-refractivity contribution < 1.29 is 17.9 Å². The molecule has 5 nitrogen and oxygen atoms in total. The van der Waals surface area contributed by atoms with Gasteiger partial charge in [-0.25, -0.2) is 17.9 Å². The second-order valence-corrected chi connectivity index (χ2v) is 8.78. The fourth-order valence-electron chi connectivity index (χ4n) is 2.36. The number of rotatable bonds is 6. The van der Waals surface area contributed by atoms with Gasteiger partial charge in [0.25, 0.3) is 10.0 Å². The van der Waals surface area contributed by atoms with Crippen LogP contribution in [0.25, 0.3) is 0 Å². The maximum absolute atomic E-state index is 12.2. The fraction of sp³-hybridized carbons (Fsp3) is 0.0952. The third-order valence-electron chi connectivity index (χ3n) is 3.83. The third-order valence-corrected chi connectivity index (χ3v) is 6.24. The Hall–Kier alpha value is -2.77. The van der Waals surface area contributed by atoms with Gasteiger partial charge >= 0.3 is 6.09 Å². The van der Waals surface area contributed by atoms with Gasteiger partial charge in [0.15, 0.2) is 0 Å². The van der Waals surface area contributed by atoms with Crippen LogP contribution in [0, 0.1) is 6.92 Å². The van der Waals surface area contributed by atoms with Crippen LogP contribution in [0.4, 0.5) is 4.79 Å². The average molecular weight is 414 g/mol. The van der Waals surface area contributed by atoms with Crippen LogP contribution in [0.15, 0.2) is 88.7 Å². The molecule has 7 heteroatoms. The summed E-state index contributed by atoms with van der Waals surface area (Å²) < 4.78 is 31.4. The van der Waals surface area contributed by atoms with Gasteiger partial charge in [-0.3, -0.25) is 0 Å². The zero-order valence-electron chi connectivity index (χ0n) is 15.2. The number of aryl methyl sites for hydroxylation is 1. The number of ether oxygens (including phenoxy) is 1. The van der Waals surface area contributed by atoms with Crippen LogP contribution in [0.2, 0.25) is 0 Å². The van der Waals surface area contributed by atoms with E-state index in [0.29, 0.717) is 0 Å². The first-order chi connectivity index (χ1) is 13.4. The Morgan fingerprint density at radius 1 is 0.929 bits per heavy atom. The molecule has 0 radical (unpaired) electrons. The van der Waals surface area contributed by atoms with Crippen molar-refractivity contribution in [3.63, 3.8) is 0 Å². The summed E-state index contributed by atoms with van der Waals surface area (Å²) in [6, 6.07) is 23.2. The lowest BCUT2D eigenvalue weighted by Gasteiger charge is -2.08. The van der Waals surface area contributed by atoms with Gasteiger partial charge in [0, 0.05) is 10.6 Å². The lowest BCUT2D eigenvalue weighted by Crippen LogP contribution is -2.33. The molecule has 0 aromatic heterocycles. The van der Waals surface area contributed by atoms with Crippen molar-refractivity contribution in [1.82, 2.24) is 4.72 Å². The van der Waals surface area contributed by atoms with Crippen molar-refractivity contribution in [2.75, 3.05) is 0 Å². The van der Waals surface area contributed by atoms with Crippen LogP contribution >= 0.6 is 11.8 Å².